The van der Waals surface area contributed by atoms with Crippen molar-refractivity contribution in [2.24, 2.45) is 11.7 Å². The van der Waals surface area contributed by atoms with E-state index in [0.29, 0.717) is 12.0 Å². The first-order valence-electron chi connectivity index (χ1n) is 4.72. The van der Waals surface area contributed by atoms with E-state index in [1.165, 1.54) is 18.5 Å². The topological polar surface area (TPSA) is 29.3 Å². The van der Waals surface area contributed by atoms with E-state index in [2.05, 4.69) is 25.3 Å². The zero-order chi connectivity index (χ0) is 9.14. The molecule has 0 aromatic carbocycles. The van der Waals surface area contributed by atoms with Crippen molar-refractivity contribution < 1.29 is 0 Å². The molecule has 2 unspecified atom stereocenters. The molecular weight excluding hydrogens is 148 g/mol. The van der Waals surface area contributed by atoms with Crippen molar-refractivity contribution in [3.63, 3.8) is 0 Å². The quantitative estimate of drug-likeness (QED) is 0.628. The standard InChI is InChI=1S/C10H20N2/c1-8(2)6-12-5-4-9(3)10(11)7-12/h9-10H,1,4-7,11H2,2-3H3. The van der Waals surface area contributed by atoms with Gasteiger partial charge in [-0.05, 0) is 25.8 Å². The molecule has 0 aromatic heterocycles. The van der Waals surface area contributed by atoms with Crippen LogP contribution in [0.4, 0.5) is 0 Å². The van der Waals surface area contributed by atoms with Gasteiger partial charge in [0.25, 0.3) is 0 Å². The molecule has 1 rings (SSSR count). The number of piperidine rings is 1. The predicted molar refractivity (Wildman–Crippen MR) is 53.0 cm³/mol. The highest BCUT2D eigenvalue weighted by Gasteiger charge is 2.22. The first kappa shape index (κ1) is 9.75. The van der Waals surface area contributed by atoms with E-state index in [9.17, 15) is 0 Å². The summed E-state index contributed by atoms with van der Waals surface area (Å²) in [5, 5.41) is 0. The fourth-order valence-electron chi connectivity index (χ4n) is 1.69. The van der Waals surface area contributed by atoms with Crippen molar-refractivity contribution in [1.29, 1.82) is 0 Å². The van der Waals surface area contributed by atoms with Crippen LogP contribution in [-0.4, -0.2) is 30.6 Å². The second-order valence-corrected chi connectivity index (χ2v) is 4.12. The number of hydrogen-bond donors (Lipinski definition) is 1. The molecule has 0 aliphatic carbocycles. The monoisotopic (exact) mass is 168 g/mol. The SMILES string of the molecule is C=C(C)CN1CCC(C)C(N)C1. The molecule has 0 aromatic rings. The largest absolute Gasteiger partial charge is 0.326 e. The van der Waals surface area contributed by atoms with Gasteiger partial charge in [0.15, 0.2) is 0 Å². The van der Waals surface area contributed by atoms with Crippen LogP contribution < -0.4 is 5.73 Å². The Hall–Kier alpha value is -0.340. The summed E-state index contributed by atoms with van der Waals surface area (Å²) in [7, 11) is 0. The van der Waals surface area contributed by atoms with E-state index in [1.54, 1.807) is 0 Å². The minimum Gasteiger partial charge on any atom is -0.326 e. The number of nitrogens with two attached hydrogens (primary N) is 1. The molecule has 1 saturated heterocycles. The molecule has 0 bridgehead atoms. The average Bonchev–Trinajstić information content (AvgIpc) is 1.96. The Labute approximate surface area is 75.4 Å². The lowest BCUT2D eigenvalue weighted by Crippen LogP contribution is -2.47. The van der Waals surface area contributed by atoms with Crippen molar-refractivity contribution in [1.82, 2.24) is 4.90 Å². The number of rotatable bonds is 2. The van der Waals surface area contributed by atoms with Crippen LogP contribution in [0.2, 0.25) is 0 Å². The van der Waals surface area contributed by atoms with Crippen LogP contribution in [0.5, 0.6) is 0 Å². The van der Waals surface area contributed by atoms with E-state index >= 15 is 0 Å². The molecule has 70 valence electrons. The summed E-state index contributed by atoms with van der Waals surface area (Å²) in [5.74, 6) is 0.686. The van der Waals surface area contributed by atoms with Crippen molar-refractivity contribution in [2.75, 3.05) is 19.6 Å². The summed E-state index contributed by atoms with van der Waals surface area (Å²) in [5.41, 5.74) is 7.21. The maximum absolute atomic E-state index is 5.97. The average molecular weight is 168 g/mol. The van der Waals surface area contributed by atoms with E-state index in [-0.39, 0.29) is 0 Å². The van der Waals surface area contributed by atoms with Crippen LogP contribution in [0.15, 0.2) is 12.2 Å². The zero-order valence-electron chi connectivity index (χ0n) is 8.21. The smallest absolute Gasteiger partial charge is 0.0194 e. The minimum atomic E-state index is 0.359. The van der Waals surface area contributed by atoms with Gasteiger partial charge in [0.2, 0.25) is 0 Å². The highest BCUT2D eigenvalue weighted by Crippen LogP contribution is 2.15. The van der Waals surface area contributed by atoms with Gasteiger partial charge < -0.3 is 5.73 Å². The van der Waals surface area contributed by atoms with Crippen molar-refractivity contribution in [3.8, 4) is 0 Å². The van der Waals surface area contributed by atoms with Crippen LogP contribution in [0.1, 0.15) is 20.3 Å². The molecule has 0 radical (unpaired) electrons. The lowest BCUT2D eigenvalue weighted by atomic mass is 9.94. The molecule has 0 spiro atoms. The van der Waals surface area contributed by atoms with Crippen LogP contribution in [-0.2, 0) is 0 Å². The van der Waals surface area contributed by atoms with Crippen molar-refractivity contribution in [2.45, 2.75) is 26.3 Å². The van der Waals surface area contributed by atoms with Crippen LogP contribution >= 0.6 is 0 Å². The summed E-state index contributed by atoms with van der Waals surface area (Å²) in [6.45, 7) is 11.5. The van der Waals surface area contributed by atoms with Crippen LogP contribution in [0.25, 0.3) is 0 Å². The molecule has 2 N–H and O–H groups in total. The van der Waals surface area contributed by atoms with E-state index in [0.717, 1.165) is 13.1 Å². The Balaban J connectivity index is 2.35. The Bertz CT molecular complexity index is 165. The molecular formula is C10H20N2. The maximum Gasteiger partial charge on any atom is 0.0194 e. The Morgan fingerprint density at radius 1 is 1.67 bits per heavy atom. The second kappa shape index (κ2) is 4.06. The third-order valence-corrected chi connectivity index (χ3v) is 2.59. The minimum absolute atomic E-state index is 0.359. The van der Waals surface area contributed by atoms with E-state index in [4.69, 9.17) is 5.73 Å². The van der Waals surface area contributed by atoms with Gasteiger partial charge in [0, 0.05) is 19.1 Å². The molecule has 0 saturated carbocycles. The highest BCUT2D eigenvalue weighted by atomic mass is 15.1. The first-order chi connectivity index (χ1) is 5.59. The fourth-order valence-corrected chi connectivity index (χ4v) is 1.69. The molecule has 1 aliphatic heterocycles. The number of likely N-dealkylation sites (tertiary alicyclic amines) is 1. The summed E-state index contributed by atoms with van der Waals surface area (Å²) in [4.78, 5) is 2.40. The van der Waals surface area contributed by atoms with Crippen molar-refractivity contribution >= 4 is 0 Å². The normalized spacial score (nSPS) is 31.9. The van der Waals surface area contributed by atoms with Gasteiger partial charge in [0.1, 0.15) is 0 Å². The van der Waals surface area contributed by atoms with Gasteiger partial charge >= 0.3 is 0 Å². The summed E-state index contributed by atoms with van der Waals surface area (Å²) in [6.07, 6.45) is 1.23. The molecule has 0 amide bonds. The van der Waals surface area contributed by atoms with Gasteiger partial charge in [-0.2, -0.15) is 0 Å². The number of nitrogens with zero attached hydrogens (tertiary/aromatic N) is 1. The molecule has 1 fully saturated rings. The predicted octanol–water partition coefficient (Wildman–Crippen LogP) is 1.23. The molecule has 12 heavy (non-hydrogen) atoms. The molecule has 2 heteroatoms. The Morgan fingerprint density at radius 2 is 2.33 bits per heavy atom. The van der Waals surface area contributed by atoms with Gasteiger partial charge in [-0.15, -0.1) is 0 Å². The molecule has 1 aliphatic rings. The van der Waals surface area contributed by atoms with E-state index < -0.39 is 0 Å². The highest BCUT2D eigenvalue weighted by molar-refractivity contribution is 4.94. The van der Waals surface area contributed by atoms with Crippen LogP contribution in [0.3, 0.4) is 0 Å². The third kappa shape index (κ3) is 2.61. The molecule has 1 heterocycles. The first-order valence-corrected chi connectivity index (χ1v) is 4.72. The number of hydrogen-bond acceptors (Lipinski definition) is 2. The summed E-state index contributed by atoms with van der Waals surface area (Å²) in [6, 6.07) is 0.359. The Morgan fingerprint density at radius 3 is 2.83 bits per heavy atom. The maximum atomic E-state index is 5.97. The van der Waals surface area contributed by atoms with E-state index in [1.807, 2.05) is 0 Å². The fraction of sp³-hybridized carbons (Fsp3) is 0.800. The summed E-state index contributed by atoms with van der Waals surface area (Å²) >= 11 is 0. The molecule has 2 nitrogen and oxygen atoms in total. The van der Waals surface area contributed by atoms with Gasteiger partial charge in [-0.25, -0.2) is 0 Å². The van der Waals surface area contributed by atoms with Gasteiger partial charge in [-0.3, -0.25) is 4.90 Å². The van der Waals surface area contributed by atoms with Crippen LogP contribution in [0, 0.1) is 5.92 Å². The van der Waals surface area contributed by atoms with Crippen molar-refractivity contribution in [3.05, 3.63) is 12.2 Å². The summed E-state index contributed by atoms with van der Waals surface area (Å²) < 4.78 is 0. The van der Waals surface area contributed by atoms with Gasteiger partial charge in [-0.1, -0.05) is 19.1 Å². The molecule has 2 atom stereocenters. The van der Waals surface area contributed by atoms with Gasteiger partial charge in [0.05, 0.1) is 0 Å². The third-order valence-electron chi connectivity index (χ3n) is 2.59. The zero-order valence-corrected chi connectivity index (χ0v) is 8.21. The lowest BCUT2D eigenvalue weighted by Gasteiger charge is -2.35. The second-order valence-electron chi connectivity index (χ2n) is 4.12. The Kier molecular flexibility index (Phi) is 3.29. The lowest BCUT2D eigenvalue weighted by molar-refractivity contribution is 0.181.